The van der Waals surface area contributed by atoms with Gasteiger partial charge in [0.2, 0.25) is 5.91 Å². The van der Waals surface area contributed by atoms with Crippen LogP contribution in [0.25, 0.3) is 6.08 Å². The van der Waals surface area contributed by atoms with Gasteiger partial charge in [0.25, 0.3) is 0 Å². The van der Waals surface area contributed by atoms with Crippen molar-refractivity contribution in [3.8, 4) is 0 Å². The molecule has 1 aromatic heterocycles. The fraction of sp³-hybridized carbons (Fsp3) is 0.562. The number of ether oxygens (including phenoxy) is 1. The van der Waals surface area contributed by atoms with Gasteiger partial charge in [0.15, 0.2) is 0 Å². The van der Waals surface area contributed by atoms with Gasteiger partial charge in [-0.2, -0.15) is 0 Å². The molecule has 1 aromatic carbocycles. The van der Waals surface area contributed by atoms with Crippen molar-refractivity contribution < 1.29 is 9.53 Å². The maximum atomic E-state index is 11.8. The molecule has 1 aliphatic heterocycles. The Bertz CT molecular complexity index is 1020. The molecule has 218 valence electrons. The molecule has 1 amide bonds. The SMILES string of the molecule is CC.CCCC(Cc1c(/C=C\C(=NC)N(C)C)cn(C)c1C)N(C)C(C)=O.c1ccc(N2CCOCC2)cc1. The summed E-state index contributed by atoms with van der Waals surface area (Å²) in [4.78, 5) is 22.4. The number of hydrogen-bond donors (Lipinski definition) is 0. The van der Waals surface area contributed by atoms with Crippen molar-refractivity contribution in [2.75, 3.05) is 59.4 Å². The Labute approximate surface area is 238 Å². The van der Waals surface area contributed by atoms with Gasteiger partial charge in [-0.1, -0.05) is 45.4 Å². The standard InChI is InChI=1S/C20H34N4O.C10H13NO.C2H6/c1-9-10-18(24(8)16(3)25)13-19-15(2)23(7)14-17(19)11-12-20(21-4)22(5)6;1-2-4-10(5-3-1)11-6-8-12-9-7-11;1-2/h11-12,14,18H,9-10,13H2,1-8H3;1-5H,6-9H2;1-2H3/b12-11-,21-20?;;. The maximum absolute atomic E-state index is 11.8. The molecule has 2 aromatic rings. The lowest BCUT2D eigenvalue weighted by Crippen LogP contribution is -2.37. The summed E-state index contributed by atoms with van der Waals surface area (Å²) in [6.07, 6.45) is 9.26. The van der Waals surface area contributed by atoms with Crippen molar-refractivity contribution in [2.45, 2.75) is 59.9 Å². The van der Waals surface area contributed by atoms with Gasteiger partial charge < -0.3 is 24.0 Å². The number of anilines is 1. The summed E-state index contributed by atoms with van der Waals surface area (Å²) in [6.45, 7) is 13.7. The average Bonchev–Trinajstić information content (AvgIpc) is 3.22. The molecule has 7 heteroatoms. The average molecular weight is 540 g/mol. The molecule has 1 saturated heterocycles. The highest BCUT2D eigenvalue weighted by atomic mass is 16.5. The Hall–Kier alpha value is -3.06. The third kappa shape index (κ3) is 10.9. The molecule has 0 bridgehead atoms. The zero-order valence-corrected chi connectivity index (χ0v) is 26.2. The van der Waals surface area contributed by atoms with Crippen LogP contribution in [-0.4, -0.2) is 86.6 Å². The molecular formula is C32H53N5O2. The number of aryl methyl sites for hydroxylation is 1. The summed E-state index contributed by atoms with van der Waals surface area (Å²) in [7, 11) is 9.76. The van der Waals surface area contributed by atoms with E-state index >= 15 is 0 Å². The topological polar surface area (TPSA) is 53.3 Å². The maximum Gasteiger partial charge on any atom is 0.219 e. The van der Waals surface area contributed by atoms with Gasteiger partial charge in [-0.25, -0.2) is 0 Å². The fourth-order valence-corrected chi connectivity index (χ4v) is 4.52. The predicted octanol–water partition coefficient (Wildman–Crippen LogP) is 5.68. The smallest absolute Gasteiger partial charge is 0.219 e. The van der Waals surface area contributed by atoms with E-state index in [2.05, 4.69) is 71.9 Å². The van der Waals surface area contributed by atoms with E-state index < -0.39 is 0 Å². The number of amidine groups is 1. The Morgan fingerprint density at radius 1 is 1.13 bits per heavy atom. The second-order valence-electron chi connectivity index (χ2n) is 9.78. The highest BCUT2D eigenvalue weighted by molar-refractivity contribution is 5.96. The lowest BCUT2D eigenvalue weighted by molar-refractivity contribution is -0.129. The molecule has 0 radical (unpaired) electrons. The highest BCUT2D eigenvalue weighted by Gasteiger charge is 2.20. The molecule has 1 fully saturated rings. The molecule has 0 saturated carbocycles. The molecule has 1 unspecified atom stereocenters. The minimum absolute atomic E-state index is 0.122. The second kappa shape index (κ2) is 18.3. The first-order valence-electron chi connectivity index (χ1n) is 14.3. The summed E-state index contributed by atoms with van der Waals surface area (Å²) >= 11 is 0. The van der Waals surface area contributed by atoms with E-state index in [9.17, 15) is 4.79 Å². The molecule has 1 aliphatic rings. The molecule has 3 rings (SSSR count). The molecule has 39 heavy (non-hydrogen) atoms. The Morgan fingerprint density at radius 3 is 2.26 bits per heavy atom. The van der Waals surface area contributed by atoms with Crippen LogP contribution < -0.4 is 4.90 Å². The van der Waals surface area contributed by atoms with Crippen LogP contribution in [0.5, 0.6) is 0 Å². The quantitative estimate of drug-likeness (QED) is 0.320. The normalized spacial score (nSPS) is 14.2. The molecule has 0 N–H and O–H groups in total. The van der Waals surface area contributed by atoms with Crippen LogP contribution in [0.4, 0.5) is 5.69 Å². The summed E-state index contributed by atoms with van der Waals surface area (Å²) < 4.78 is 7.44. The van der Waals surface area contributed by atoms with Crippen molar-refractivity contribution in [3.63, 3.8) is 0 Å². The van der Waals surface area contributed by atoms with Crippen LogP contribution in [0.15, 0.2) is 47.6 Å². The van der Waals surface area contributed by atoms with Gasteiger partial charge >= 0.3 is 0 Å². The number of rotatable bonds is 8. The van der Waals surface area contributed by atoms with Crippen LogP contribution in [0.1, 0.15) is 57.4 Å². The van der Waals surface area contributed by atoms with E-state index in [-0.39, 0.29) is 11.9 Å². The van der Waals surface area contributed by atoms with Crippen molar-refractivity contribution in [3.05, 3.63) is 59.4 Å². The van der Waals surface area contributed by atoms with Gasteiger partial charge in [0, 0.05) is 78.9 Å². The number of aliphatic imine (C=N–C) groups is 1. The van der Waals surface area contributed by atoms with Gasteiger partial charge in [0.1, 0.15) is 5.84 Å². The number of amides is 1. The molecular weight excluding hydrogens is 486 g/mol. The lowest BCUT2D eigenvalue weighted by Gasteiger charge is -2.28. The molecule has 2 heterocycles. The zero-order chi connectivity index (χ0) is 29.4. The number of para-hydroxylation sites is 1. The first-order valence-corrected chi connectivity index (χ1v) is 14.3. The predicted molar refractivity (Wildman–Crippen MR) is 168 cm³/mol. The molecule has 0 spiro atoms. The van der Waals surface area contributed by atoms with E-state index in [1.54, 1.807) is 14.0 Å². The molecule has 7 nitrogen and oxygen atoms in total. The number of carbonyl (C=O) groups excluding carboxylic acids is 1. The van der Waals surface area contributed by atoms with Crippen LogP contribution >= 0.6 is 0 Å². The minimum atomic E-state index is 0.122. The van der Waals surface area contributed by atoms with Gasteiger partial charge in [0.05, 0.1) is 13.2 Å². The van der Waals surface area contributed by atoms with Crippen LogP contribution in [0.2, 0.25) is 0 Å². The zero-order valence-electron chi connectivity index (χ0n) is 26.2. The minimum Gasteiger partial charge on any atom is -0.378 e. The lowest BCUT2D eigenvalue weighted by atomic mass is 9.97. The summed E-state index contributed by atoms with van der Waals surface area (Å²) in [5.41, 5.74) is 5.05. The van der Waals surface area contributed by atoms with Crippen molar-refractivity contribution in [2.24, 2.45) is 12.0 Å². The van der Waals surface area contributed by atoms with E-state index in [1.165, 1.54) is 22.5 Å². The molecule has 0 aliphatic carbocycles. The second-order valence-corrected chi connectivity index (χ2v) is 9.78. The van der Waals surface area contributed by atoms with E-state index in [0.29, 0.717) is 0 Å². The van der Waals surface area contributed by atoms with Crippen molar-refractivity contribution in [1.29, 1.82) is 0 Å². The number of morpholine rings is 1. The summed E-state index contributed by atoms with van der Waals surface area (Å²) in [5, 5.41) is 0. The van der Waals surface area contributed by atoms with Crippen LogP contribution in [0.3, 0.4) is 0 Å². The molecule has 1 atom stereocenters. The van der Waals surface area contributed by atoms with Gasteiger partial charge in [-0.05, 0) is 55.2 Å². The Morgan fingerprint density at radius 2 is 1.74 bits per heavy atom. The number of nitrogens with zero attached hydrogens (tertiary/aromatic N) is 5. The first kappa shape index (κ1) is 34.0. The largest absolute Gasteiger partial charge is 0.378 e. The Balaban J connectivity index is 0.000000447. The van der Waals surface area contributed by atoms with Crippen molar-refractivity contribution in [1.82, 2.24) is 14.4 Å². The third-order valence-corrected chi connectivity index (χ3v) is 6.98. The van der Waals surface area contributed by atoms with E-state index in [0.717, 1.165) is 51.4 Å². The fourth-order valence-electron chi connectivity index (χ4n) is 4.52. The number of likely N-dealkylation sites (N-methyl/N-ethyl adjacent to an activating group) is 2. The van der Waals surface area contributed by atoms with E-state index in [4.69, 9.17) is 4.74 Å². The van der Waals surface area contributed by atoms with Gasteiger partial charge in [-0.3, -0.25) is 9.79 Å². The van der Waals surface area contributed by atoms with Crippen LogP contribution in [-0.2, 0) is 23.0 Å². The van der Waals surface area contributed by atoms with Crippen molar-refractivity contribution >= 4 is 23.5 Å². The third-order valence-electron chi connectivity index (χ3n) is 6.98. The Kier molecular flexibility index (Phi) is 15.9. The summed E-state index contributed by atoms with van der Waals surface area (Å²) in [6, 6.07) is 10.7. The summed E-state index contributed by atoms with van der Waals surface area (Å²) in [5.74, 6) is 1.05. The number of carbonyl (C=O) groups is 1. The van der Waals surface area contributed by atoms with Gasteiger partial charge in [-0.15, -0.1) is 0 Å². The highest BCUT2D eigenvalue weighted by Crippen LogP contribution is 2.23. The number of hydrogen-bond acceptors (Lipinski definition) is 4. The monoisotopic (exact) mass is 539 g/mol. The van der Waals surface area contributed by atoms with Crippen LogP contribution in [0, 0.1) is 6.92 Å². The van der Waals surface area contributed by atoms with E-state index in [1.807, 2.05) is 56.9 Å². The number of benzene rings is 1. The first-order chi connectivity index (χ1) is 18.7. The number of aromatic nitrogens is 1.